The Morgan fingerprint density at radius 2 is 1.88 bits per heavy atom. The number of esters is 1. The number of amides is 1. The standard InChI is InChI=1S/C18H18N2O6/c1-10-16(18(22)25-4)12(9-19)17(26-10)20-15(21)8-11-5-6-13(23-2)14(7-11)24-3/h5-7H,8H2,1-4H3,(H,20,21). The molecule has 0 aliphatic carbocycles. The number of anilines is 1. The van der Waals surface area contributed by atoms with Crippen molar-refractivity contribution < 1.29 is 28.2 Å². The summed E-state index contributed by atoms with van der Waals surface area (Å²) in [6.45, 7) is 1.51. The molecule has 0 bridgehead atoms. The number of rotatable bonds is 6. The van der Waals surface area contributed by atoms with Crippen molar-refractivity contribution >= 4 is 17.8 Å². The monoisotopic (exact) mass is 358 g/mol. The van der Waals surface area contributed by atoms with E-state index in [1.165, 1.54) is 28.3 Å². The maximum absolute atomic E-state index is 12.3. The normalized spacial score (nSPS) is 9.96. The van der Waals surface area contributed by atoms with Crippen LogP contribution in [0, 0.1) is 18.3 Å². The van der Waals surface area contributed by atoms with Crippen molar-refractivity contribution in [1.82, 2.24) is 0 Å². The van der Waals surface area contributed by atoms with Crippen LogP contribution in [0.3, 0.4) is 0 Å². The van der Waals surface area contributed by atoms with Gasteiger partial charge in [-0.05, 0) is 24.6 Å². The zero-order valence-electron chi connectivity index (χ0n) is 14.8. The number of carbonyl (C=O) groups is 2. The summed E-state index contributed by atoms with van der Waals surface area (Å²) in [7, 11) is 4.22. The third-order valence-corrected chi connectivity index (χ3v) is 3.65. The van der Waals surface area contributed by atoms with Crippen LogP contribution in [0.2, 0.25) is 0 Å². The fourth-order valence-corrected chi connectivity index (χ4v) is 2.43. The summed E-state index contributed by atoms with van der Waals surface area (Å²) >= 11 is 0. The molecule has 0 saturated carbocycles. The van der Waals surface area contributed by atoms with E-state index in [-0.39, 0.29) is 29.2 Å². The predicted octanol–water partition coefficient (Wildman–Crippen LogP) is 2.44. The first kappa shape index (κ1) is 18.9. The van der Waals surface area contributed by atoms with Gasteiger partial charge in [-0.2, -0.15) is 5.26 Å². The Hall–Kier alpha value is -3.47. The van der Waals surface area contributed by atoms with E-state index in [0.29, 0.717) is 17.1 Å². The Labute approximate surface area is 150 Å². The lowest BCUT2D eigenvalue weighted by molar-refractivity contribution is -0.115. The van der Waals surface area contributed by atoms with E-state index in [0.717, 1.165) is 0 Å². The third kappa shape index (κ3) is 3.78. The van der Waals surface area contributed by atoms with Crippen molar-refractivity contribution in [3.8, 4) is 17.6 Å². The van der Waals surface area contributed by atoms with Gasteiger partial charge in [0.2, 0.25) is 11.8 Å². The minimum atomic E-state index is -0.705. The smallest absolute Gasteiger partial charge is 0.342 e. The average Bonchev–Trinajstić information content (AvgIpc) is 2.95. The quantitative estimate of drug-likeness (QED) is 0.790. The summed E-state index contributed by atoms with van der Waals surface area (Å²) in [5, 5.41) is 11.8. The van der Waals surface area contributed by atoms with Crippen LogP contribution >= 0.6 is 0 Å². The fraction of sp³-hybridized carbons (Fsp3) is 0.278. The zero-order chi connectivity index (χ0) is 19.3. The van der Waals surface area contributed by atoms with Crippen LogP contribution in [-0.4, -0.2) is 33.2 Å². The molecule has 26 heavy (non-hydrogen) atoms. The highest BCUT2D eigenvalue weighted by molar-refractivity contribution is 5.98. The number of nitrogens with zero attached hydrogens (tertiary/aromatic N) is 1. The van der Waals surface area contributed by atoms with Gasteiger partial charge in [-0.15, -0.1) is 0 Å². The van der Waals surface area contributed by atoms with Gasteiger partial charge < -0.3 is 18.6 Å². The number of aryl methyl sites for hydroxylation is 1. The van der Waals surface area contributed by atoms with Gasteiger partial charge in [-0.3, -0.25) is 10.1 Å². The SMILES string of the molecule is COC(=O)c1c(C)oc(NC(=O)Cc2ccc(OC)c(OC)c2)c1C#N. The second-order valence-corrected chi connectivity index (χ2v) is 5.26. The lowest BCUT2D eigenvalue weighted by Crippen LogP contribution is -2.15. The van der Waals surface area contributed by atoms with E-state index in [1.54, 1.807) is 18.2 Å². The van der Waals surface area contributed by atoms with E-state index < -0.39 is 11.9 Å². The number of nitriles is 1. The molecule has 2 rings (SSSR count). The second-order valence-electron chi connectivity index (χ2n) is 5.26. The highest BCUT2D eigenvalue weighted by Gasteiger charge is 2.25. The molecule has 136 valence electrons. The van der Waals surface area contributed by atoms with E-state index >= 15 is 0 Å². The molecule has 8 heteroatoms. The number of carbonyl (C=O) groups excluding carboxylic acids is 2. The Bertz CT molecular complexity index is 879. The first-order chi connectivity index (χ1) is 12.4. The maximum Gasteiger partial charge on any atom is 0.342 e. The summed E-state index contributed by atoms with van der Waals surface area (Å²) < 4.78 is 20.3. The number of benzene rings is 1. The number of methoxy groups -OCH3 is 3. The molecule has 1 aromatic carbocycles. The molecule has 0 aliphatic heterocycles. The molecule has 2 aromatic rings. The van der Waals surface area contributed by atoms with Gasteiger partial charge in [0.15, 0.2) is 11.5 Å². The molecule has 1 aromatic heterocycles. The Morgan fingerprint density at radius 1 is 1.19 bits per heavy atom. The van der Waals surface area contributed by atoms with Crippen LogP contribution in [0.25, 0.3) is 0 Å². The minimum absolute atomic E-state index is 0.00332. The molecule has 0 atom stereocenters. The third-order valence-electron chi connectivity index (χ3n) is 3.65. The number of furan rings is 1. The molecule has 1 heterocycles. The highest BCUT2D eigenvalue weighted by Crippen LogP contribution is 2.29. The van der Waals surface area contributed by atoms with Crippen LogP contribution in [0.1, 0.15) is 27.2 Å². The summed E-state index contributed by atoms with van der Waals surface area (Å²) in [4.78, 5) is 24.1. The number of hydrogen-bond donors (Lipinski definition) is 1. The molecule has 0 saturated heterocycles. The van der Waals surface area contributed by atoms with Crippen LogP contribution < -0.4 is 14.8 Å². The number of nitrogens with one attached hydrogen (secondary N) is 1. The molecular formula is C18H18N2O6. The van der Waals surface area contributed by atoms with Crippen molar-refractivity contribution in [2.24, 2.45) is 0 Å². The first-order valence-corrected chi connectivity index (χ1v) is 7.57. The Morgan fingerprint density at radius 3 is 2.46 bits per heavy atom. The van der Waals surface area contributed by atoms with Gasteiger partial charge in [0.25, 0.3) is 0 Å². The molecular weight excluding hydrogens is 340 g/mol. The van der Waals surface area contributed by atoms with Gasteiger partial charge in [0.05, 0.1) is 27.8 Å². The molecule has 0 spiro atoms. The van der Waals surface area contributed by atoms with Gasteiger partial charge in [-0.25, -0.2) is 4.79 Å². The molecule has 1 N–H and O–H groups in total. The van der Waals surface area contributed by atoms with Crippen molar-refractivity contribution in [1.29, 1.82) is 5.26 Å². The van der Waals surface area contributed by atoms with E-state index in [2.05, 4.69) is 10.1 Å². The summed E-state index contributed by atoms with van der Waals surface area (Å²) in [5.41, 5.74) is 0.599. The Kier molecular flexibility index (Phi) is 5.86. The number of hydrogen-bond acceptors (Lipinski definition) is 7. The van der Waals surface area contributed by atoms with Crippen LogP contribution in [0.4, 0.5) is 5.88 Å². The van der Waals surface area contributed by atoms with Gasteiger partial charge in [0.1, 0.15) is 23.0 Å². The lowest BCUT2D eigenvalue weighted by atomic mass is 10.1. The van der Waals surface area contributed by atoms with Crippen LogP contribution in [-0.2, 0) is 16.0 Å². The van der Waals surface area contributed by atoms with Gasteiger partial charge in [0, 0.05) is 0 Å². The largest absolute Gasteiger partial charge is 0.493 e. The molecule has 0 unspecified atom stereocenters. The molecule has 8 nitrogen and oxygen atoms in total. The maximum atomic E-state index is 12.3. The molecule has 0 fully saturated rings. The zero-order valence-corrected chi connectivity index (χ0v) is 14.8. The van der Waals surface area contributed by atoms with Crippen molar-refractivity contribution in [3.05, 3.63) is 40.6 Å². The van der Waals surface area contributed by atoms with Crippen molar-refractivity contribution in [3.63, 3.8) is 0 Å². The van der Waals surface area contributed by atoms with Crippen LogP contribution in [0.5, 0.6) is 11.5 Å². The molecule has 1 amide bonds. The van der Waals surface area contributed by atoms with Crippen molar-refractivity contribution in [2.45, 2.75) is 13.3 Å². The average molecular weight is 358 g/mol. The molecule has 0 radical (unpaired) electrons. The van der Waals surface area contributed by atoms with Gasteiger partial charge in [-0.1, -0.05) is 6.07 Å². The van der Waals surface area contributed by atoms with E-state index in [1.807, 2.05) is 6.07 Å². The van der Waals surface area contributed by atoms with Crippen LogP contribution in [0.15, 0.2) is 22.6 Å². The lowest BCUT2D eigenvalue weighted by Gasteiger charge is -2.09. The predicted molar refractivity (Wildman–Crippen MR) is 91.4 cm³/mol. The summed E-state index contributed by atoms with van der Waals surface area (Å²) in [6.07, 6.45) is 0.0124. The number of ether oxygens (including phenoxy) is 3. The Balaban J connectivity index is 2.21. The fourth-order valence-electron chi connectivity index (χ4n) is 2.43. The van der Waals surface area contributed by atoms with Crippen molar-refractivity contribution in [2.75, 3.05) is 26.6 Å². The summed E-state index contributed by atoms with van der Waals surface area (Å²) in [6, 6.07) is 6.95. The topological polar surface area (TPSA) is 111 Å². The summed E-state index contributed by atoms with van der Waals surface area (Å²) in [5.74, 6) is 0.0258. The molecule has 0 aliphatic rings. The highest BCUT2D eigenvalue weighted by atomic mass is 16.5. The second kappa shape index (κ2) is 8.07. The van der Waals surface area contributed by atoms with E-state index in [4.69, 9.17) is 13.9 Å². The first-order valence-electron chi connectivity index (χ1n) is 7.57. The van der Waals surface area contributed by atoms with Gasteiger partial charge >= 0.3 is 5.97 Å². The minimum Gasteiger partial charge on any atom is -0.493 e. The van der Waals surface area contributed by atoms with E-state index in [9.17, 15) is 14.9 Å².